The van der Waals surface area contributed by atoms with Crippen molar-refractivity contribution in [2.75, 3.05) is 13.1 Å². The normalized spacial score (nSPS) is 17.7. The zero-order valence-electron chi connectivity index (χ0n) is 11.7. The summed E-state index contributed by atoms with van der Waals surface area (Å²) in [5, 5.41) is 2.74. The Morgan fingerprint density at radius 2 is 1.89 bits per heavy atom. The van der Waals surface area contributed by atoms with Crippen molar-refractivity contribution in [2.24, 2.45) is 5.73 Å². The minimum atomic E-state index is -0.434. The van der Waals surface area contributed by atoms with Crippen molar-refractivity contribution < 1.29 is 9.59 Å². The summed E-state index contributed by atoms with van der Waals surface area (Å²) in [6.07, 6.45) is 3.10. The second kappa shape index (κ2) is 6.18. The average Bonchev–Trinajstić information content (AvgIpc) is 2.77. The summed E-state index contributed by atoms with van der Waals surface area (Å²) in [6.45, 7) is 7.15. The van der Waals surface area contributed by atoms with Crippen molar-refractivity contribution in [1.82, 2.24) is 10.2 Å². The summed E-state index contributed by atoms with van der Waals surface area (Å²) >= 11 is 0. The van der Waals surface area contributed by atoms with Crippen molar-refractivity contribution in [3.63, 3.8) is 0 Å². The summed E-state index contributed by atoms with van der Waals surface area (Å²) in [5.41, 5.74) is 5.47. The van der Waals surface area contributed by atoms with Gasteiger partial charge in [0.1, 0.15) is 6.04 Å². The van der Waals surface area contributed by atoms with E-state index in [1.54, 1.807) is 6.92 Å². The number of nitrogens with one attached hydrogen (secondary N) is 1. The lowest BCUT2D eigenvalue weighted by Crippen LogP contribution is -2.46. The number of nitrogens with two attached hydrogens (primary N) is 1. The molecular formula is C13H25N3O2. The highest BCUT2D eigenvalue weighted by molar-refractivity contribution is 5.87. The minimum absolute atomic E-state index is 0.0212. The van der Waals surface area contributed by atoms with E-state index in [4.69, 9.17) is 5.73 Å². The van der Waals surface area contributed by atoms with Crippen LogP contribution in [0.3, 0.4) is 0 Å². The van der Waals surface area contributed by atoms with E-state index in [1.807, 2.05) is 18.7 Å². The molecule has 0 spiro atoms. The highest BCUT2D eigenvalue weighted by Gasteiger charge is 2.24. The fourth-order valence-corrected chi connectivity index (χ4v) is 2.02. The molecule has 0 aromatic rings. The van der Waals surface area contributed by atoms with Gasteiger partial charge in [0, 0.05) is 25.0 Å². The number of amides is 2. The van der Waals surface area contributed by atoms with Crippen molar-refractivity contribution >= 4 is 11.8 Å². The molecule has 0 aromatic carbocycles. The molecule has 3 N–H and O–H groups in total. The second-order valence-corrected chi connectivity index (χ2v) is 5.81. The predicted molar refractivity (Wildman–Crippen MR) is 70.9 cm³/mol. The number of hydrogen-bond donors (Lipinski definition) is 2. The van der Waals surface area contributed by atoms with Gasteiger partial charge in [0.25, 0.3) is 0 Å². The number of carbonyl (C=O) groups excluding carboxylic acids is 2. The maximum absolute atomic E-state index is 12.0. The average molecular weight is 255 g/mol. The van der Waals surface area contributed by atoms with Crippen LogP contribution in [0.4, 0.5) is 0 Å². The van der Waals surface area contributed by atoms with Crippen LogP contribution in [-0.2, 0) is 9.59 Å². The first-order valence-electron chi connectivity index (χ1n) is 6.66. The number of rotatable bonds is 5. The third kappa shape index (κ3) is 5.04. The summed E-state index contributed by atoms with van der Waals surface area (Å²) in [6, 6.07) is -0.434. The standard InChI is InChI=1S/C13H25N3O2/c1-10(12(18)16-8-4-5-9-16)15-11(17)6-7-13(2,3)14/h10H,4-9,14H2,1-3H3,(H,15,17). The molecule has 18 heavy (non-hydrogen) atoms. The van der Waals surface area contributed by atoms with Crippen LogP contribution in [-0.4, -0.2) is 41.4 Å². The minimum Gasteiger partial charge on any atom is -0.345 e. The van der Waals surface area contributed by atoms with Gasteiger partial charge in [0.2, 0.25) is 11.8 Å². The number of carbonyl (C=O) groups is 2. The maximum Gasteiger partial charge on any atom is 0.244 e. The van der Waals surface area contributed by atoms with E-state index < -0.39 is 6.04 Å². The Kier molecular flexibility index (Phi) is 5.14. The molecule has 1 rings (SSSR count). The summed E-state index contributed by atoms with van der Waals surface area (Å²) < 4.78 is 0. The Morgan fingerprint density at radius 3 is 2.39 bits per heavy atom. The second-order valence-electron chi connectivity index (χ2n) is 5.81. The van der Waals surface area contributed by atoms with Crippen LogP contribution < -0.4 is 11.1 Å². The van der Waals surface area contributed by atoms with Crippen molar-refractivity contribution in [3.05, 3.63) is 0 Å². The van der Waals surface area contributed by atoms with Crippen LogP contribution in [0.2, 0.25) is 0 Å². The van der Waals surface area contributed by atoms with Crippen LogP contribution in [0.15, 0.2) is 0 Å². The predicted octanol–water partition coefficient (Wildman–Crippen LogP) is 0.631. The number of likely N-dealkylation sites (tertiary alicyclic amines) is 1. The smallest absolute Gasteiger partial charge is 0.244 e. The van der Waals surface area contributed by atoms with Crippen molar-refractivity contribution in [3.8, 4) is 0 Å². The molecule has 2 amide bonds. The molecule has 1 aliphatic rings. The monoisotopic (exact) mass is 255 g/mol. The molecule has 1 saturated heterocycles. The molecule has 1 heterocycles. The van der Waals surface area contributed by atoms with E-state index in [2.05, 4.69) is 5.32 Å². The molecule has 1 atom stereocenters. The van der Waals surface area contributed by atoms with Gasteiger partial charge in [0.05, 0.1) is 0 Å². The molecule has 0 aromatic heterocycles. The Morgan fingerprint density at radius 1 is 1.33 bits per heavy atom. The summed E-state index contributed by atoms with van der Waals surface area (Å²) in [5.74, 6) is -0.0820. The van der Waals surface area contributed by atoms with Crippen molar-refractivity contribution in [1.29, 1.82) is 0 Å². The van der Waals surface area contributed by atoms with Gasteiger partial charge in [0.15, 0.2) is 0 Å². The first-order chi connectivity index (χ1) is 8.29. The molecule has 5 nitrogen and oxygen atoms in total. The molecule has 0 aliphatic carbocycles. The number of nitrogens with zero attached hydrogens (tertiary/aromatic N) is 1. The Hall–Kier alpha value is -1.10. The molecule has 1 unspecified atom stereocenters. The third-order valence-corrected chi connectivity index (χ3v) is 3.16. The summed E-state index contributed by atoms with van der Waals surface area (Å²) in [4.78, 5) is 25.5. The zero-order valence-corrected chi connectivity index (χ0v) is 11.7. The molecular weight excluding hydrogens is 230 g/mol. The third-order valence-electron chi connectivity index (χ3n) is 3.16. The lowest BCUT2D eigenvalue weighted by Gasteiger charge is -2.22. The lowest BCUT2D eigenvalue weighted by atomic mass is 10.00. The quantitative estimate of drug-likeness (QED) is 0.756. The van der Waals surface area contributed by atoms with Gasteiger partial charge in [-0.25, -0.2) is 0 Å². The van der Waals surface area contributed by atoms with Crippen LogP contribution in [0, 0.1) is 0 Å². The van der Waals surface area contributed by atoms with Gasteiger partial charge in [-0.05, 0) is 40.0 Å². The first-order valence-corrected chi connectivity index (χ1v) is 6.66. The highest BCUT2D eigenvalue weighted by Crippen LogP contribution is 2.10. The van der Waals surface area contributed by atoms with Crippen LogP contribution >= 0.6 is 0 Å². The molecule has 104 valence electrons. The van der Waals surface area contributed by atoms with E-state index in [0.29, 0.717) is 12.8 Å². The molecule has 0 radical (unpaired) electrons. The molecule has 5 heteroatoms. The fourth-order valence-electron chi connectivity index (χ4n) is 2.02. The molecule has 1 aliphatic heterocycles. The lowest BCUT2D eigenvalue weighted by molar-refractivity contribution is -0.135. The Labute approximate surface area is 109 Å². The van der Waals surface area contributed by atoms with Gasteiger partial charge in [-0.1, -0.05) is 0 Å². The SMILES string of the molecule is CC(NC(=O)CCC(C)(C)N)C(=O)N1CCCC1. The van der Waals surface area contributed by atoms with Gasteiger partial charge in [-0.15, -0.1) is 0 Å². The molecule has 0 bridgehead atoms. The van der Waals surface area contributed by atoms with E-state index >= 15 is 0 Å². The molecule has 1 fully saturated rings. The topological polar surface area (TPSA) is 75.4 Å². The van der Waals surface area contributed by atoms with Gasteiger partial charge < -0.3 is 16.0 Å². The highest BCUT2D eigenvalue weighted by atomic mass is 16.2. The van der Waals surface area contributed by atoms with E-state index in [-0.39, 0.29) is 17.4 Å². The largest absolute Gasteiger partial charge is 0.345 e. The number of hydrogen-bond acceptors (Lipinski definition) is 3. The first kappa shape index (κ1) is 15.0. The fraction of sp³-hybridized carbons (Fsp3) is 0.846. The van der Waals surface area contributed by atoms with E-state index in [9.17, 15) is 9.59 Å². The summed E-state index contributed by atoms with van der Waals surface area (Å²) in [7, 11) is 0. The Bertz CT molecular complexity index is 304. The van der Waals surface area contributed by atoms with Crippen LogP contribution in [0.5, 0.6) is 0 Å². The van der Waals surface area contributed by atoms with E-state index in [0.717, 1.165) is 25.9 Å². The van der Waals surface area contributed by atoms with Gasteiger partial charge >= 0.3 is 0 Å². The van der Waals surface area contributed by atoms with E-state index in [1.165, 1.54) is 0 Å². The van der Waals surface area contributed by atoms with Gasteiger partial charge in [-0.3, -0.25) is 9.59 Å². The van der Waals surface area contributed by atoms with Gasteiger partial charge in [-0.2, -0.15) is 0 Å². The Balaban J connectivity index is 2.32. The zero-order chi connectivity index (χ0) is 13.8. The van der Waals surface area contributed by atoms with Crippen LogP contribution in [0.1, 0.15) is 46.5 Å². The maximum atomic E-state index is 12.0. The van der Waals surface area contributed by atoms with Crippen molar-refractivity contribution in [2.45, 2.75) is 58.0 Å². The van der Waals surface area contributed by atoms with Crippen LogP contribution in [0.25, 0.3) is 0 Å². The molecule has 0 saturated carbocycles.